The first-order chi connectivity index (χ1) is 10.9. The summed E-state index contributed by atoms with van der Waals surface area (Å²) in [5.74, 6) is -0.166. The van der Waals surface area contributed by atoms with E-state index in [9.17, 15) is 18.0 Å². The third-order valence-electron chi connectivity index (χ3n) is 3.49. The summed E-state index contributed by atoms with van der Waals surface area (Å²) in [6, 6.07) is 5.12. The number of amides is 1. The van der Waals surface area contributed by atoms with Crippen molar-refractivity contribution < 1.29 is 18.0 Å². The minimum absolute atomic E-state index is 0.166. The van der Waals surface area contributed by atoms with Crippen molar-refractivity contribution >= 4 is 22.4 Å². The summed E-state index contributed by atoms with van der Waals surface area (Å²) in [7, 11) is 0. The zero-order chi connectivity index (χ0) is 16.4. The van der Waals surface area contributed by atoms with E-state index in [4.69, 9.17) is 0 Å². The van der Waals surface area contributed by atoms with E-state index in [1.807, 2.05) is 0 Å². The molecule has 122 valence electrons. The van der Waals surface area contributed by atoms with E-state index >= 15 is 0 Å². The first-order valence-corrected chi connectivity index (χ1v) is 7.75. The number of rotatable bonds is 2. The maximum atomic E-state index is 12.6. The number of halogens is 3. The Morgan fingerprint density at radius 1 is 1.13 bits per heavy atom. The average Bonchev–Trinajstić information content (AvgIpc) is 3.05. The van der Waals surface area contributed by atoms with Crippen molar-refractivity contribution in [3.63, 3.8) is 0 Å². The average molecular weight is 342 g/mol. The number of hydrogen-bond donors (Lipinski definition) is 0. The van der Waals surface area contributed by atoms with E-state index in [1.54, 1.807) is 34.2 Å². The Balaban J connectivity index is 1.62. The molecule has 3 rings (SSSR count). The first-order valence-electron chi connectivity index (χ1n) is 6.93. The lowest BCUT2D eigenvalue weighted by atomic mass is 10.2. The van der Waals surface area contributed by atoms with E-state index in [0.717, 1.165) is 6.20 Å². The molecule has 0 unspecified atom stereocenters. The second-order valence-electron chi connectivity index (χ2n) is 5.00. The van der Waals surface area contributed by atoms with Crippen LogP contribution in [0.3, 0.4) is 0 Å². The van der Waals surface area contributed by atoms with Crippen molar-refractivity contribution in [2.45, 2.75) is 6.18 Å². The van der Waals surface area contributed by atoms with Crippen LogP contribution in [0.15, 0.2) is 30.6 Å². The zero-order valence-corrected chi connectivity index (χ0v) is 12.8. The molecule has 1 aliphatic heterocycles. The molecule has 0 saturated carbocycles. The molecule has 23 heavy (non-hydrogen) atoms. The predicted octanol–water partition coefficient (Wildman–Crippen LogP) is 2.52. The van der Waals surface area contributed by atoms with Gasteiger partial charge >= 0.3 is 6.18 Å². The number of nitrogens with zero attached hydrogens (tertiary/aromatic N) is 4. The molecule has 2 aromatic rings. The molecule has 0 atom stereocenters. The summed E-state index contributed by atoms with van der Waals surface area (Å²) in [6.07, 6.45) is -1.96. The molecule has 3 heterocycles. The number of anilines is 1. The maximum Gasteiger partial charge on any atom is 0.427 e. The van der Waals surface area contributed by atoms with Crippen LogP contribution in [0.25, 0.3) is 0 Å². The fraction of sp³-hybridized carbons (Fsp3) is 0.357. The highest BCUT2D eigenvalue weighted by atomic mass is 32.1. The minimum atomic E-state index is -4.37. The lowest BCUT2D eigenvalue weighted by Crippen LogP contribution is -2.49. The van der Waals surface area contributed by atoms with Gasteiger partial charge in [0.15, 0.2) is 5.13 Å². The van der Waals surface area contributed by atoms with Crippen molar-refractivity contribution in [1.82, 2.24) is 14.9 Å². The van der Waals surface area contributed by atoms with Gasteiger partial charge in [0, 0.05) is 32.4 Å². The number of pyridine rings is 1. The molecule has 0 radical (unpaired) electrons. The molecule has 1 aliphatic rings. The second-order valence-corrected chi connectivity index (χ2v) is 6.01. The minimum Gasteiger partial charge on any atom is -0.345 e. The highest BCUT2D eigenvalue weighted by Gasteiger charge is 2.34. The molecule has 5 nitrogen and oxygen atoms in total. The number of carbonyl (C=O) groups is 1. The largest absolute Gasteiger partial charge is 0.427 e. The molecule has 1 fully saturated rings. The van der Waals surface area contributed by atoms with Crippen molar-refractivity contribution in [2.75, 3.05) is 31.1 Å². The van der Waals surface area contributed by atoms with Crippen LogP contribution in [0.1, 0.15) is 15.4 Å². The Bertz CT molecular complexity index is 681. The van der Waals surface area contributed by atoms with E-state index in [1.165, 1.54) is 0 Å². The molecule has 0 N–H and O–H groups in total. The fourth-order valence-corrected chi connectivity index (χ4v) is 3.13. The topological polar surface area (TPSA) is 49.3 Å². The third kappa shape index (κ3) is 3.44. The monoisotopic (exact) mass is 342 g/mol. The second kappa shape index (κ2) is 6.15. The Labute approximate surface area is 134 Å². The number of piperazine rings is 1. The van der Waals surface area contributed by atoms with Gasteiger partial charge < -0.3 is 9.80 Å². The van der Waals surface area contributed by atoms with E-state index in [2.05, 4.69) is 9.97 Å². The maximum absolute atomic E-state index is 12.6. The zero-order valence-electron chi connectivity index (χ0n) is 12.0. The van der Waals surface area contributed by atoms with Gasteiger partial charge in [-0.15, -0.1) is 0 Å². The van der Waals surface area contributed by atoms with Gasteiger partial charge in [0.05, 0.1) is 6.20 Å². The summed E-state index contributed by atoms with van der Waals surface area (Å²) >= 11 is 0.626. The summed E-state index contributed by atoms with van der Waals surface area (Å²) in [6.45, 7) is 1.75. The van der Waals surface area contributed by atoms with Gasteiger partial charge in [-0.25, -0.2) is 4.98 Å². The van der Waals surface area contributed by atoms with Crippen LogP contribution in [0, 0.1) is 0 Å². The van der Waals surface area contributed by atoms with Crippen LogP contribution < -0.4 is 4.90 Å². The molecule has 0 spiro atoms. The van der Waals surface area contributed by atoms with Crippen LogP contribution in [0.4, 0.5) is 18.3 Å². The number of aromatic nitrogens is 2. The van der Waals surface area contributed by atoms with E-state index in [0.29, 0.717) is 48.3 Å². The van der Waals surface area contributed by atoms with Gasteiger partial charge in [0.1, 0.15) is 10.6 Å². The molecule has 9 heteroatoms. The lowest BCUT2D eigenvalue weighted by molar-refractivity contribution is -0.134. The SMILES string of the molecule is O=C(c1ccccn1)N1CCN(c2ncc(C(F)(F)F)s2)CC1. The molecule has 2 aromatic heterocycles. The molecule has 1 amide bonds. The van der Waals surface area contributed by atoms with Gasteiger partial charge in [0.25, 0.3) is 5.91 Å². The van der Waals surface area contributed by atoms with Gasteiger partial charge in [0.2, 0.25) is 0 Å². The predicted molar refractivity (Wildman–Crippen MR) is 79.5 cm³/mol. The number of hydrogen-bond acceptors (Lipinski definition) is 5. The molecular weight excluding hydrogens is 329 g/mol. The number of thiazole rings is 1. The third-order valence-corrected chi connectivity index (χ3v) is 4.60. The first kappa shape index (κ1) is 15.7. The van der Waals surface area contributed by atoms with Gasteiger partial charge in [-0.3, -0.25) is 9.78 Å². The standard InChI is InChI=1S/C14H13F3N4OS/c15-14(16,17)11-9-19-13(23-11)21-7-5-20(6-8-21)12(22)10-3-1-2-4-18-10/h1-4,9H,5-8H2. The van der Waals surface area contributed by atoms with Crippen LogP contribution in [0.2, 0.25) is 0 Å². The number of carbonyl (C=O) groups excluding carboxylic acids is 1. The summed E-state index contributed by atoms with van der Waals surface area (Å²) in [5, 5.41) is 0.335. The van der Waals surface area contributed by atoms with Crippen LogP contribution >= 0.6 is 11.3 Å². The highest BCUT2D eigenvalue weighted by Crippen LogP contribution is 2.36. The van der Waals surface area contributed by atoms with Gasteiger partial charge in [-0.05, 0) is 12.1 Å². The molecule has 0 aliphatic carbocycles. The van der Waals surface area contributed by atoms with E-state index in [-0.39, 0.29) is 5.91 Å². The Kier molecular flexibility index (Phi) is 4.20. The molecular formula is C14H13F3N4OS. The molecule has 0 bridgehead atoms. The van der Waals surface area contributed by atoms with Crippen LogP contribution in [-0.2, 0) is 6.18 Å². The number of alkyl halides is 3. The van der Waals surface area contributed by atoms with Crippen LogP contribution in [-0.4, -0.2) is 47.0 Å². The van der Waals surface area contributed by atoms with Crippen molar-refractivity contribution in [3.05, 3.63) is 41.2 Å². The van der Waals surface area contributed by atoms with Crippen molar-refractivity contribution in [3.8, 4) is 0 Å². The Morgan fingerprint density at radius 3 is 2.43 bits per heavy atom. The highest BCUT2D eigenvalue weighted by molar-refractivity contribution is 7.15. The molecule has 0 aromatic carbocycles. The Morgan fingerprint density at radius 2 is 1.87 bits per heavy atom. The van der Waals surface area contributed by atoms with Crippen LogP contribution in [0.5, 0.6) is 0 Å². The Hall–Kier alpha value is -2.16. The quantitative estimate of drug-likeness (QED) is 0.841. The normalized spacial score (nSPS) is 15.8. The summed E-state index contributed by atoms with van der Waals surface area (Å²) in [5.41, 5.74) is 0.370. The van der Waals surface area contributed by atoms with Crippen molar-refractivity contribution in [1.29, 1.82) is 0 Å². The smallest absolute Gasteiger partial charge is 0.345 e. The van der Waals surface area contributed by atoms with Crippen molar-refractivity contribution in [2.24, 2.45) is 0 Å². The fourth-order valence-electron chi connectivity index (χ4n) is 2.29. The lowest BCUT2D eigenvalue weighted by Gasteiger charge is -2.34. The van der Waals surface area contributed by atoms with E-state index < -0.39 is 11.1 Å². The molecule has 1 saturated heterocycles. The van der Waals surface area contributed by atoms with Gasteiger partial charge in [-0.2, -0.15) is 13.2 Å². The summed E-state index contributed by atoms with van der Waals surface area (Å²) < 4.78 is 37.8. The van der Waals surface area contributed by atoms with Gasteiger partial charge in [-0.1, -0.05) is 17.4 Å². The summed E-state index contributed by atoms with van der Waals surface area (Å²) in [4.78, 5) is 22.8.